The highest BCUT2D eigenvalue weighted by Crippen LogP contribution is 2.17. The average molecular weight is 364 g/mol. The van der Waals surface area contributed by atoms with Crippen molar-refractivity contribution in [2.24, 2.45) is 0 Å². The minimum absolute atomic E-state index is 0.0412. The van der Waals surface area contributed by atoms with Gasteiger partial charge >= 0.3 is 0 Å². The number of anilines is 1. The lowest BCUT2D eigenvalue weighted by Gasteiger charge is -2.11. The number of phenols is 1. The van der Waals surface area contributed by atoms with Gasteiger partial charge in [0.15, 0.2) is 0 Å². The molecule has 0 fully saturated rings. The summed E-state index contributed by atoms with van der Waals surface area (Å²) in [7, 11) is 0. The van der Waals surface area contributed by atoms with Gasteiger partial charge in [-0.15, -0.1) is 0 Å². The van der Waals surface area contributed by atoms with Crippen LogP contribution in [-0.4, -0.2) is 16.9 Å². The van der Waals surface area contributed by atoms with Gasteiger partial charge in [0, 0.05) is 17.3 Å². The summed E-state index contributed by atoms with van der Waals surface area (Å²) in [5, 5.41) is 18.6. The molecule has 3 N–H and O–H groups in total. The van der Waals surface area contributed by atoms with Crippen LogP contribution in [0.3, 0.4) is 0 Å². The first-order valence-electron chi connectivity index (χ1n) is 7.82. The molecule has 0 aliphatic carbocycles. The molecule has 5 nitrogen and oxygen atoms in total. The Bertz CT molecular complexity index is 935. The van der Waals surface area contributed by atoms with Crippen LogP contribution in [0.4, 0.5) is 5.69 Å². The Morgan fingerprint density at radius 2 is 1.81 bits per heavy atom. The predicted molar refractivity (Wildman–Crippen MR) is 103 cm³/mol. The maximum absolute atomic E-state index is 12.6. The van der Waals surface area contributed by atoms with Crippen LogP contribution in [0.2, 0.25) is 0 Å². The second kappa shape index (κ2) is 8.13. The van der Waals surface area contributed by atoms with Crippen LogP contribution < -0.4 is 10.6 Å². The average Bonchev–Trinajstić information content (AvgIpc) is 3.15. The van der Waals surface area contributed by atoms with Crippen molar-refractivity contribution in [3.05, 3.63) is 88.2 Å². The molecule has 0 aliphatic heterocycles. The summed E-state index contributed by atoms with van der Waals surface area (Å²) in [4.78, 5) is 25.1. The number of phenolic OH excluding ortho intramolecular Hbond substituents is 1. The highest BCUT2D eigenvalue weighted by Gasteiger charge is 2.15. The van der Waals surface area contributed by atoms with Gasteiger partial charge in [0.2, 0.25) is 0 Å². The van der Waals surface area contributed by atoms with Gasteiger partial charge in [-0.1, -0.05) is 24.3 Å². The van der Waals surface area contributed by atoms with Gasteiger partial charge in [-0.25, -0.2) is 0 Å². The molecule has 2 amide bonds. The molecular formula is C20H16N2O3S. The van der Waals surface area contributed by atoms with E-state index in [9.17, 15) is 14.7 Å². The third-order valence-corrected chi connectivity index (χ3v) is 4.19. The number of carbonyl (C=O) groups is 2. The number of amides is 2. The summed E-state index contributed by atoms with van der Waals surface area (Å²) in [6.07, 6.45) is 1.61. The van der Waals surface area contributed by atoms with Crippen molar-refractivity contribution in [3.8, 4) is 5.75 Å². The van der Waals surface area contributed by atoms with Gasteiger partial charge in [0.25, 0.3) is 11.8 Å². The Morgan fingerprint density at radius 1 is 1.00 bits per heavy atom. The lowest BCUT2D eigenvalue weighted by atomic mass is 10.2. The molecule has 0 unspecified atom stereocenters. The zero-order valence-electron chi connectivity index (χ0n) is 13.7. The van der Waals surface area contributed by atoms with Crippen molar-refractivity contribution in [1.82, 2.24) is 5.32 Å². The lowest BCUT2D eigenvalue weighted by Crippen LogP contribution is -2.30. The molecular weight excluding hydrogens is 348 g/mol. The van der Waals surface area contributed by atoms with Gasteiger partial charge < -0.3 is 15.7 Å². The number of rotatable bonds is 5. The van der Waals surface area contributed by atoms with Gasteiger partial charge in [0.1, 0.15) is 11.4 Å². The Labute approximate surface area is 154 Å². The van der Waals surface area contributed by atoms with E-state index in [1.165, 1.54) is 23.5 Å². The molecule has 26 heavy (non-hydrogen) atoms. The lowest BCUT2D eigenvalue weighted by molar-refractivity contribution is -0.113. The van der Waals surface area contributed by atoms with E-state index >= 15 is 0 Å². The number of carbonyl (C=O) groups excluding carboxylic acids is 2. The van der Waals surface area contributed by atoms with Gasteiger partial charge in [0.05, 0.1) is 0 Å². The molecule has 0 spiro atoms. The third-order valence-electron chi connectivity index (χ3n) is 3.49. The number of hydrogen-bond acceptors (Lipinski definition) is 4. The molecule has 0 saturated carbocycles. The van der Waals surface area contributed by atoms with Crippen LogP contribution in [-0.2, 0) is 4.79 Å². The topological polar surface area (TPSA) is 78.4 Å². The molecule has 0 saturated heterocycles. The van der Waals surface area contributed by atoms with E-state index in [2.05, 4.69) is 10.6 Å². The Kier molecular flexibility index (Phi) is 5.46. The quantitative estimate of drug-likeness (QED) is 0.602. The molecule has 2 aromatic carbocycles. The first-order chi connectivity index (χ1) is 12.6. The smallest absolute Gasteiger partial charge is 0.272 e. The van der Waals surface area contributed by atoms with E-state index in [1.54, 1.807) is 42.5 Å². The number of benzene rings is 2. The van der Waals surface area contributed by atoms with E-state index in [0.29, 0.717) is 11.3 Å². The fraction of sp³-hybridized carbons (Fsp3) is 0. The molecule has 0 radical (unpaired) electrons. The highest BCUT2D eigenvalue weighted by molar-refractivity contribution is 7.08. The number of thiophene rings is 1. The number of nitrogens with one attached hydrogen (secondary N) is 2. The summed E-state index contributed by atoms with van der Waals surface area (Å²) in [6, 6.07) is 16.7. The van der Waals surface area contributed by atoms with Gasteiger partial charge in [-0.05, 0) is 52.7 Å². The van der Waals surface area contributed by atoms with Crippen molar-refractivity contribution in [3.63, 3.8) is 0 Å². The van der Waals surface area contributed by atoms with Gasteiger partial charge in [-0.2, -0.15) is 11.3 Å². The summed E-state index contributed by atoms with van der Waals surface area (Å²) in [6.45, 7) is 0. The summed E-state index contributed by atoms with van der Waals surface area (Å²) >= 11 is 1.49. The largest absolute Gasteiger partial charge is 0.508 e. The highest BCUT2D eigenvalue weighted by atomic mass is 32.1. The summed E-state index contributed by atoms with van der Waals surface area (Å²) in [5.74, 6) is -0.816. The van der Waals surface area contributed by atoms with Crippen molar-refractivity contribution in [1.29, 1.82) is 0 Å². The zero-order valence-corrected chi connectivity index (χ0v) is 14.5. The fourth-order valence-electron chi connectivity index (χ4n) is 2.25. The zero-order chi connectivity index (χ0) is 18.4. The van der Waals surface area contributed by atoms with Crippen LogP contribution in [0.5, 0.6) is 5.75 Å². The Balaban J connectivity index is 1.83. The van der Waals surface area contributed by atoms with Crippen LogP contribution in [0.15, 0.2) is 77.1 Å². The van der Waals surface area contributed by atoms with Crippen LogP contribution in [0.25, 0.3) is 6.08 Å². The molecule has 130 valence electrons. The molecule has 1 heterocycles. The first-order valence-corrected chi connectivity index (χ1v) is 8.77. The summed E-state index contributed by atoms with van der Waals surface area (Å²) < 4.78 is 0. The number of hydrogen-bond donors (Lipinski definition) is 3. The summed E-state index contributed by atoms with van der Waals surface area (Å²) in [5.41, 5.74) is 1.80. The molecule has 3 rings (SSSR count). The van der Waals surface area contributed by atoms with E-state index in [-0.39, 0.29) is 17.4 Å². The predicted octanol–water partition coefficient (Wildman–Crippen LogP) is 3.86. The Morgan fingerprint density at radius 3 is 2.50 bits per heavy atom. The minimum atomic E-state index is -0.480. The fourth-order valence-corrected chi connectivity index (χ4v) is 2.87. The van der Waals surface area contributed by atoms with Crippen molar-refractivity contribution < 1.29 is 14.7 Å². The molecule has 3 aromatic rings. The van der Waals surface area contributed by atoms with Crippen LogP contribution in [0, 0.1) is 0 Å². The van der Waals surface area contributed by atoms with E-state index < -0.39 is 5.91 Å². The number of aromatic hydroxyl groups is 1. The SMILES string of the molecule is O=C(Nc1cccc(O)c1)/C(=C/c1ccsc1)NC(=O)c1ccccc1. The molecule has 6 heteroatoms. The first kappa shape index (κ1) is 17.4. The maximum atomic E-state index is 12.6. The molecule has 0 aliphatic rings. The maximum Gasteiger partial charge on any atom is 0.272 e. The second-order valence-corrected chi connectivity index (χ2v) is 6.22. The van der Waals surface area contributed by atoms with E-state index in [0.717, 1.165) is 5.56 Å². The standard InChI is InChI=1S/C20H16N2O3S/c23-17-8-4-7-16(12-17)21-20(25)18(11-14-9-10-26-13-14)22-19(24)15-5-2-1-3-6-15/h1-13,23H,(H,21,25)(H,22,24)/b18-11-. The van der Waals surface area contributed by atoms with Crippen molar-refractivity contribution in [2.75, 3.05) is 5.32 Å². The van der Waals surface area contributed by atoms with Crippen LogP contribution >= 0.6 is 11.3 Å². The van der Waals surface area contributed by atoms with E-state index in [4.69, 9.17) is 0 Å². The molecule has 1 aromatic heterocycles. The minimum Gasteiger partial charge on any atom is -0.508 e. The van der Waals surface area contributed by atoms with Crippen LogP contribution in [0.1, 0.15) is 15.9 Å². The Hall–Kier alpha value is -3.38. The van der Waals surface area contributed by atoms with Crippen molar-refractivity contribution >= 4 is 34.9 Å². The third kappa shape index (κ3) is 4.58. The van der Waals surface area contributed by atoms with Crippen molar-refractivity contribution in [2.45, 2.75) is 0 Å². The van der Waals surface area contributed by atoms with E-state index in [1.807, 2.05) is 22.9 Å². The molecule has 0 bridgehead atoms. The second-order valence-electron chi connectivity index (χ2n) is 5.44. The monoisotopic (exact) mass is 364 g/mol. The normalized spacial score (nSPS) is 11.0. The molecule has 0 atom stereocenters. The van der Waals surface area contributed by atoms with Gasteiger partial charge in [-0.3, -0.25) is 9.59 Å².